The lowest BCUT2D eigenvalue weighted by Crippen LogP contribution is -2.42. The Hall–Kier alpha value is -2.79. The molecular weight excluding hydrogens is 500 g/mol. The number of rotatable bonds is 6. The summed E-state index contributed by atoms with van der Waals surface area (Å²) in [7, 11) is 0. The summed E-state index contributed by atoms with van der Waals surface area (Å²) in [6.45, 7) is 2.03. The number of amides is 1. The second kappa shape index (κ2) is 10.6. The Morgan fingerprint density at radius 2 is 2.03 bits per heavy atom. The number of fused-ring (bicyclic) bond motifs is 1. The second-order valence-corrected chi connectivity index (χ2v) is 9.21. The molecule has 0 radical (unpaired) electrons. The number of anilines is 3. The molecule has 2 aromatic carbocycles. The van der Waals surface area contributed by atoms with Crippen LogP contribution in [-0.2, 0) is 4.79 Å². The molecule has 0 aliphatic carbocycles. The van der Waals surface area contributed by atoms with E-state index in [0.717, 1.165) is 25.1 Å². The monoisotopic (exact) mass is 519 g/mol. The Bertz CT molecular complexity index is 1280. The zero-order valence-corrected chi connectivity index (χ0v) is 20.3. The number of nitriles is 1. The number of benzene rings is 2. The molecule has 1 saturated heterocycles. The number of nitrogens with zero attached hydrogens (tertiary/aromatic N) is 3. The van der Waals surface area contributed by atoms with Crippen molar-refractivity contribution in [2.24, 2.45) is 5.92 Å². The SMILES string of the molecule is N#Cc1cnc2c(Cl)cc(NCC3CCCN(C(=O)CCl)C3)cc2c1Nc1ccc(F)c(Cl)c1. The zero-order chi connectivity index (χ0) is 24.2. The number of aromatic nitrogens is 1. The summed E-state index contributed by atoms with van der Waals surface area (Å²) in [5.41, 5.74) is 2.62. The minimum absolute atomic E-state index is 0.0102. The van der Waals surface area contributed by atoms with Gasteiger partial charge in [0.1, 0.15) is 17.8 Å². The molecule has 0 spiro atoms. The standard InChI is InChI=1S/C24H21Cl3FN5O/c25-9-22(34)33-5-1-2-14(13-33)11-30-17-6-18-23(32-16-3-4-21(28)19(26)7-16)15(10-29)12-31-24(18)20(27)8-17/h3-4,6-8,12,14,30H,1-2,5,9,11,13H2,(H,31,32). The van der Waals surface area contributed by atoms with Gasteiger partial charge in [-0.1, -0.05) is 23.2 Å². The highest BCUT2D eigenvalue weighted by molar-refractivity contribution is 6.36. The largest absolute Gasteiger partial charge is 0.385 e. The number of hydrogen-bond donors (Lipinski definition) is 2. The third-order valence-corrected chi connectivity index (χ3v) is 6.62. The van der Waals surface area contributed by atoms with E-state index in [0.29, 0.717) is 46.0 Å². The van der Waals surface area contributed by atoms with Crippen LogP contribution in [0.15, 0.2) is 36.5 Å². The first-order valence-electron chi connectivity index (χ1n) is 10.7. The van der Waals surface area contributed by atoms with Crippen molar-refractivity contribution >= 4 is 68.7 Å². The van der Waals surface area contributed by atoms with Gasteiger partial charge in [-0.15, -0.1) is 11.6 Å². The predicted octanol–water partition coefficient (Wildman–Crippen LogP) is 6.19. The molecule has 1 aliphatic rings. The number of hydrogen-bond acceptors (Lipinski definition) is 5. The third-order valence-electron chi connectivity index (χ3n) is 5.82. The minimum Gasteiger partial charge on any atom is -0.385 e. The molecule has 1 fully saturated rings. The number of pyridine rings is 1. The Labute approximate surface area is 211 Å². The fourth-order valence-corrected chi connectivity index (χ4v) is 4.72. The van der Waals surface area contributed by atoms with Gasteiger partial charge in [-0.25, -0.2) is 4.39 Å². The molecule has 0 bridgehead atoms. The van der Waals surface area contributed by atoms with Gasteiger partial charge < -0.3 is 15.5 Å². The highest BCUT2D eigenvalue weighted by atomic mass is 35.5. The molecule has 1 aliphatic heterocycles. The van der Waals surface area contributed by atoms with Gasteiger partial charge in [-0.3, -0.25) is 9.78 Å². The van der Waals surface area contributed by atoms with Crippen LogP contribution in [0.3, 0.4) is 0 Å². The van der Waals surface area contributed by atoms with E-state index >= 15 is 0 Å². The number of carbonyl (C=O) groups excluding carboxylic acids is 1. The van der Waals surface area contributed by atoms with E-state index in [-0.39, 0.29) is 22.7 Å². The molecule has 34 heavy (non-hydrogen) atoms. The molecule has 1 aromatic heterocycles. The van der Waals surface area contributed by atoms with Gasteiger partial charge in [0.05, 0.1) is 26.8 Å². The predicted molar refractivity (Wildman–Crippen MR) is 135 cm³/mol. The molecule has 6 nitrogen and oxygen atoms in total. The van der Waals surface area contributed by atoms with Crippen LogP contribution in [0.2, 0.25) is 10.0 Å². The van der Waals surface area contributed by atoms with E-state index in [1.165, 1.54) is 24.4 Å². The lowest BCUT2D eigenvalue weighted by molar-refractivity contribution is -0.130. The highest BCUT2D eigenvalue weighted by Crippen LogP contribution is 2.35. The maximum absolute atomic E-state index is 13.6. The summed E-state index contributed by atoms with van der Waals surface area (Å²) >= 11 is 18.2. The summed E-state index contributed by atoms with van der Waals surface area (Å²) in [5.74, 6) is -0.315. The van der Waals surface area contributed by atoms with Gasteiger partial charge in [0.25, 0.3) is 0 Å². The van der Waals surface area contributed by atoms with E-state index in [1.54, 1.807) is 11.0 Å². The molecule has 2 N–H and O–H groups in total. The number of alkyl halides is 1. The lowest BCUT2D eigenvalue weighted by Gasteiger charge is -2.32. The Morgan fingerprint density at radius 3 is 2.76 bits per heavy atom. The first-order valence-corrected chi connectivity index (χ1v) is 12.0. The van der Waals surface area contributed by atoms with Crippen LogP contribution < -0.4 is 10.6 Å². The van der Waals surface area contributed by atoms with Gasteiger partial charge in [-0.2, -0.15) is 5.26 Å². The number of likely N-dealkylation sites (tertiary alicyclic amines) is 1. The van der Waals surface area contributed by atoms with Gasteiger partial charge in [0.15, 0.2) is 0 Å². The van der Waals surface area contributed by atoms with Gasteiger partial charge in [0, 0.05) is 42.6 Å². The summed E-state index contributed by atoms with van der Waals surface area (Å²) in [6, 6.07) is 10.0. The first-order chi connectivity index (χ1) is 16.4. The molecule has 3 aromatic rings. The second-order valence-electron chi connectivity index (χ2n) is 8.13. The topological polar surface area (TPSA) is 81.1 Å². The van der Waals surface area contributed by atoms with Crippen molar-refractivity contribution in [1.29, 1.82) is 5.26 Å². The van der Waals surface area contributed by atoms with Crippen LogP contribution in [0.25, 0.3) is 10.9 Å². The van der Waals surface area contributed by atoms with Crippen LogP contribution in [0.1, 0.15) is 18.4 Å². The van der Waals surface area contributed by atoms with Crippen LogP contribution >= 0.6 is 34.8 Å². The molecule has 1 unspecified atom stereocenters. The maximum atomic E-state index is 13.6. The molecule has 1 atom stereocenters. The van der Waals surface area contributed by atoms with E-state index in [2.05, 4.69) is 21.7 Å². The first kappa shape index (κ1) is 24.3. The normalized spacial score (nSPS) is 15.7. The smallest absolute Gasteiger partial charge is 0.237 e. The molecule has 176 valence electrons. The summed E-state index contributed by atoms with van der Waals surface area (Å²) in [5, 5.41) is 17.2. The average Bonchev–Trinajstić information content (AvgIpc) is 2.85. The number of piperidine rings is 1. The molecule has 4 rings (SSSR count). The summed E-state index contributed by atoms with van der Waals surface area (Å²) in [6.07, 6.45) is 3.37. The van der Waals surface area contributed by atoms with E-state index < -0.39 is 5.82 Å². The van der Waals surface area contributed by atoms with Crippen molar-refractivity contribution in [1.82, 2.24) is 9.88 Å². The van der Waals surface area contributed by atoms with E-state index in [4.69, 9.17) is 34.8 Å². The Kier molecular flexibility index (Phi) is 7.62. The molecule has 10 heteroatoms. The van der Waals surface area contributed by atoms with Crippen molar-refractivity contribution in [2.75, 3.05) is 36.1 Å². The van der Waals surface area contributed by atoms with E-state index in [1.807, 2.05) is 6.07 Å². The Morgan fingerprint density at radius 1 is 1.24 bits per heavy atom. The Balaban J connectivity index is 1.62. The van der Waals surface area contributed by atoms with Crippen molar-refractivity contribution in [3.05, 3.63) is 58.0 Å². The highest BCUT2D eigenvalue weighted by Gasteiger charge is 2.23. The average molecular weight is 521 g/mol. The summed E-state index contributed by atoms with van der Waals surface area (Å²) < 4.78 is 13.6. The molecule has 2 heterocycles. The zero-order valence-electron chi connectivity index (χ0n) is 18.0. The van der Waals surface area contributed by atoms with Gasteiger partial charge in [-0.05, 0) is 49.1 Å². The van der Waals surface area contributed by atoms with Crippen LogP contribution in [-0.4, -0.2) is 41.3 Å². The number of halogens is 4. The fourth-order valence-electron chi connectivity index (χ4n) is 4.10. The van der Waals surface area contributed by atoms with Crippen LogP contribution in [0.4, 0.5) is 21.5 Å². The van der Waals surface area contributed by atoms with Crippen molar-refractivity contribution in [2.45, 2.75) is 12.8 Å². The van der Waals surface area contributed by atoms with Crippen molar-refractivity contribution in [3.8, 4) is 6.07 Å². The molecule has 0 saturated carbocycles. The summed E-state index contributed by atoms with van der Waals surface area (Å²) in [4.78, 5) is 18.1. The van der Waals surface area contributed by atoms with Crippen molar-refractivity contribution in [3.63, 3.8) is 0 Å². The van der Waals surface area contributed by atoms with Crippen LogP contribution in [0.5, 0.6) is 0 Å². The lowest BCUT2D eigenvalue weighted by atomic mass is 9.98. The number of carbonyl (C=O) groups is 1. The minimum atomic E-state index is -0.532. The van der Waals surface area contributed by atoms with Crippen LogP contribution in [0, 0.1) is 23.1 Å². The third kappa shape index (κ3) is 5.30. The maximum Gasteiger partial charge on any atom is 0.237 e. The fraction of sp³-hybridized carbons (Fsp3) is 0.292. The molecule has 1 amide bonds. The van der Waals surface area contributed by atoms with E-state index in [9.17, 15) is 14.4 Å². The van der Waals surface area contributed by atoms with Gasteiger partial charge in [0.2, 0.25) is 5.91 Å². The van der Waals surface area contributed by atoms with Gasteiger partial charge >= 0.3 is 0 Å². The van der Waals surface area contributed by atoms with Crippen molar-refractivity contribution < 1.29 is 9.18 Å². The quantitative estimate of drug-likeness (QED) is 0.379. The number of nitrogens with one attached hydrogen (secondary N) is 2. The molecular formula is C24H21Cl3FN5O.